The average Bonchev–Trinajstić information content (AvgIpc) is 2.25. The second kappa shape index (κ2) is 8.01. The Balaban J connectivity index is 1.85. The van der Waals surface area contributed by atoms with E-state index >= 15 is 0 Å². The minimum atomic E-state index is 0.850. The summed E-state index contributed by atoms with van der Waals surface area (Å²) in [7, 11) is 0. The minimum Gasteiger partial charge on any atom is -0.381 e. The van der Waals surface area contributed by atoms with Gasteiger partial charge in [-0.2, -0.15) is 0 Å². The van der Waals surface area contributed by atoms with E-state index in [4.69, 9.17) is 4.74 Å². The maximum atomic E-state index is 5.56. The molecule has 1 aliphatic heterocycles. The summed E-state index contributed by atoms with van der Waals surface area (Å²) in [6, 6.07) is 0. The van der Waals surface area contributed by atoms with Gasteiger partial charge >= 0.3 is 0 Å². The number of hydrogen-bond donors (Lipinski definition) is 1. The van der Waals surface area contributed by atoms with Crippen LogP contribution in [0.25, 0.3) is 0 Å². The largest absolute Gasteiger partial charge is 0.381 e. The molecule has 0 aliphatic carbocycles. The van der Waals surface area contributed by atoms with Crippen LogP contribution in [0.15, 0.2) is 12.7 Å². The first kappa shape index (κ1) is 11.7. The Labute approximate surface area is 87.7 Å². The van der Waals surface area contributed by atoms with Crippen LogP contribution in [0.5, 0.6) is 0 Å². The third kappa shape index (κ3) is 5.40. The van der Waals surface area contributed by atoms with Gasteiger partial charge in [-0.15, -0.1) is 6.58 Å². The van der Waals surface area contributed by atoms with Crippen LogP contribution in [-0.4, -0.2) is 26.3 Å². The van der Waals surface area contributed by atoms with E-state index in [-0.39, 0.29) is 0 Å². The van der Waals surface area contributed by atoms with Crippen molar-refractivity contribution in [3.05, 3.63) is 12.7 Å². The van der Waals surface area contributed by atoms with E-state index < -0.39 is 0 Å². The molecule has 2 nitrogen and oxygen atoms in total. The van der Waals surface area contributed by atoms with Crippen LogP contribution in [0.3, 0.4) is 0 Å². The van der Waals surface area contributed by atoms with Crippen molar-refractivity contribution in [2.45, 2.75) is 32.1 Å². The van der Waals surface area contributed by atoms with Gasteiger partial charge in [0.15, 0.2) is 0 Å². The number of nitrogens with one attached hydrogen (secondary N) is 1. The second-order valence-electron chi connectivity index (χ2n) is 4.04. The van der Waals surface area contributed by atoms with Crippen molar-refractivity contribution in [3.8, 4) is 0 Å². The highest BCUT2D eigenvalue weighted by Crippen LogP contribution is 2.13. The molecule has 0 bridgehead atoms. The van der Waals surface area contributed by atoms with E-state index in [2.05, 4.69) is 11.9 Å². The molecule has 14 heavy (non-hydrogen) atoms. The van der Waals surface area contributed by atoms with Crippen LogP contribution in [0.4, 0.5) is 0 Å². The number of allylic oxidation sites excluding steroid dienone is 1. The van der Waals surface area contributed by atoms with Crippen molar-refractivity contribution in [1.82, 2.24) is 5.32 Å². The van der Waals surface area contributed by atoms with E-state index in [0.29, 0.717) is 0 Å². The van der Waals surface area contributed by atoms with Gasteiger partial charge in [0.2, 0.25) is 0 Å². The molecule has 1 N–H and O–H groups in total. The third-order valence-corrected chi connectivity index (χ3v) is 2.77. The maximum Gasteiger partial charge on any atom is 0.0469 e. The molecule has 0 radical (unpaired) electrons. The summed E-state index contributed by atoms with van der Waals surface area (Å²) in [4.78, 5) is 0. The highest BCUT2D eigenvalue weighted by Gasteiger charge is 2.11. The summed E-state index contributed by atoms with van der Waals surface area (Å²) < 4.78 is 5.56. The fourth-order valence-corrected chi connectivity index (χ4v) is 1.85. The first-order chi connectivity index (χ1) is 6.93. The van der Waals surface area contributed by atoms with Crippen molar-refractivity contribution >= 4 is 0 Å². The minimum absolute atomic E-state index is 0.850. The van der Waals surface area contributed by atoms with Gasteiger partial charge in [-0.05, 0) is 51.1 Å². The molecule has 0 amide bonds. The zero-order valence-corrected chi connectivity index (χ0v) is 9.13. The first-order valence-corrected chi connectivity index (χ1v) is 5.83. The lowest BCUT2D eigenvalue weighted by atomic mass is 9.97. The van der Waals surface area contributed by atoms with Crippen molar-refractivity contribution in [2.75, 3.05) is 26.3 Å². The molecular weight excluding hydrogens is 174 g/mol. The normalized spacial score (nSPS) is 22.1. The molecule has 0 aromatic rings. The smallest absolute Gasteiger partial charge is 0.0469 e. The fourth-order valence-electron chi connectivity index (χ4n) is 1.85. The summed E-state index contributed by atoms with van der Waals surface area (Å²) in [5, 5.41) is 3.43. The molecule has 0 aromatic carbocycles. The third-order valence-electron chi connectivity index (χ3n) is 2.77. The molecule has 0 saturated carbocycles. The molecule has 1 unspecified atom stereocenters. The van der Waals surface area contributed by atoms with Crippen LogP contribution >= 0.6 is 0 Å². The van der Waals surface area contributed by atoms with Gasteiger partial charge in [-0.3, -0.25) is 0 Å². The molecular formula is C12H23NO. The molecule has 82 valence electrons. The number of hydrogen-bond acceptors (Lipinski definition) is 2. The first-order valence-electron chi connectivity index (χ1n) is 5.83. The van der Waals surface area contributed by atoms with Crippen molar-refractivity contribution in [2.24, 2.45) is 5.92 Å². The molecule has 1 rings (SSSR count). The Hall–Kier alpha value is -0.340. The van der Waals surface area contributed by atoms with Crippen LogP contribution < -0.4 is 5.32 Å². The Morgan fingerprint density at radius 1 is 1.43 bits per heavy atom. The second-order valence-corrected chi connectivity index (χ2v) is 4.04. The number of unbranched alkanes of at least 4 members (excludes halogenated alkanes) is 1. The fraction of sp³-hybridized carbons (Fsp3) is 0.833. The number of piperidine rings is 1. The van der Waals surface area contributed by atoms with Gasteiger partial charge in [-0.25, -0.2) is 0 Å². The molecule has 2 heteroatoms. The van der Waals surface area contributed by atoms with Crippen LogP contribution in [-0.2, 0) is 4.74 Å². The Bertz CT molecular complexity index is 141. The van der Waals surface area contributed by atoms with Crippen LogP contribution in [0.2, 0.25) is 0 Å². The Morgan fingerprint density at radius 3 is 3.07 bits per heavy atom. The molecule has 0 spiro atoms. The van der Waals surface area contributed by atoms with Gasteiger partial charge < -0.3 is 10.1 Å². The summed E-state index contributed by atoms with van der Waals surface area (Å²) in [5.74, 6) is 0.850. The highest BCUT2D eigenvalue weighted by atomic mass is 16.5. The van der Waals surface area contributed by atoms with Gasteiger partial charge in [0, 0.05) is 13.2 Å². The standard InChI is InChI=1S/C12H23NO/c1-2-3-4-9-14-10-7-12-6-5-8-13-11-12/h2,12-13H,1,3-11H2. The lowest BCUT2D eigenvalue weighted by Crippen LogP contribution is -2.30. The number of rotatable bonds is 7. The quantitative estimate of drug-likeness (QED) is 0.500. The predicted octanol–water partition coefficient (Wildman–Crippen LogP) is 2.36. The Kier molecular flexibility index (Phi) is 6.71. The molecule has 1 fully saturated rings. The molecule has 1 aliphatic rings. The zero-order chi connectivity index (χ0) is 10.1. The molecule has 0 aromatic heterocycles. The topological polar surface area (TPSA) is 21.3 Å². The number of ether oxygens (including phenoxy) is 1. The van der Waals surface area contributed by atoms with E-state index in [1.54, 1.807) is 0 Å². The zero-order valence-electron chi connectivity index (χ0n) is 9.13. The van der Waals surface area contributed by atoms with Crippen LogP contribution in [0, 0.1) is 5.92 Å². The summed E-state index contributed by atoms with van der Waals surface area (Å²) in [6.45, 7) is 7.91. The van der Waals surface area contributed by atoms with Gasteiger partial charge in [-0.1, -0.05) is 6.08 Å². The van der Waals surface area contributed by atoms with Crippen LogP contribution in [0.1, 0.15) is 32.1 Å². The van der Waals surface area contributed by atoms with Crippen molar-refractivity contribution in [3.63, 3.8) is 0 Å². The Morgan fingerprint density at radius 2 is 2.36 bits per heavy atom. The highest BCUT2D eigenvalue weighted by molar-refractivity contribution is 4.68. The van der Waals surface area contributed by atoms with E-state index in [9.17, 15) is 0 Å². The average molecular weight is 197 g/mol. The molecule has 1 saturated heterocycles. The van der Waals surface area contributed by atoms with Gasteiger partial charge in [0.25, 0.3) is 0 Å². The van der Waals surface area contributed by atoms with Gasteiger partial charge in [0.1, 0.15) is 0 Å². The lowest BCUT2D eigenvalue weighted by molar-refractivity contribution is 0.114. The molecule has 1 atom stereocenters. The predicted molar refractivity (Wildman–Crippen MR) is 60.5 cm³/mol. The van der Waals surface area contributed by atoms with Crippen molar-refractivity contribution in [1.29, 1.82) is 0 Å². The maximum absolute atomic E-state index is 5.56. The summed E-state index contributed by atoms with van der Waals surface area (Å²) in [5.41, 5.74) is 0. The van der Waals surface area contributed by atoms with E-state index in [1.165, 1.54) is 32.4 Å². The summed E-state index contributed by atoms with van der Waals surface area (Å²) >= 11 is 0. The van der Waals surface area contributed by atoms with Gasteiger partial charge in [0.05, 0.1) is 0 Å². The summed E-state index contributed by atoms with van der Waals surface area (Å²) in [6.07, 6.45) is 8.08. The monoisotopic (exact) mass is 197 g/mol. The van der Waals surface area contributed by atoms with Crippen molar-refractivity contribution < 1.29 is 4.74 Å². The lowest BCUT2D eigenvalue weighted by Gasteiger charge is -2.22. The SMILES string of the molecule is C=CCCCOCCC1CCCNC1. The van der Waals surface area contributed by atoms with E-state index in [0.717, 1.165) is 32.0 Å². The van der Waals surface area contributed by atoms with E-state index in [1.807, 2.05) is 6.08 Å². The molecule has 1 heterocycles.